The van der Waals surface area contributed by atoms with E-state index < -0.39 is 22.9 Å². The number of amides is 1. The van der Waals surface area contributed by atoms with Gasteiger partial charge in [-0.25, -0.2) is 4.39 Å². The Labute approximate surface area is 120 Å². The molecule has 1 atom stereocenters. The fraction of sp³-hybridized carbons (Fsp3) is 0.0667. The number of carbonyl (C=O) groups is 2. The van der Waals surface area contributed by atoms with Crippen LogP contribution in [-0.4, -0.2) is 17.1 Å². The van der Waals surface area contributed by atoms with Crippen molar-refractivity contribution >= 4 is 29.0 Å². The Hall–Kier alpha value is -2.20. The van der Waals surface area contributed by atoms with E-state index in [0.717, 1.165) is 0 Å². The van der Waals surface area contributed by atoms with Crippen molar-refractivity contribution in [2.24, 2.45) is 0 Å². The van der Waals surface area contributed by atoms with Gasteiger partial charge in [0.2, 0.25) is 5.91 Å². The van der Waals surface area contributed by atoms with E-state index in [1.165, 1.54) is 24.3 Å². The Kier molecular flexibility index (Phi) is 4.48. The Morgan fingerprint density at radius 1 is 1.00 bits per heavy atom. The number of alkyl halides is 1. The first-order chi connectivity index (χ1) is 9.58. The average molecular weight is 292 g/mol. The normalized spacial score (nSPS) is 11.7. The van der Waals surface area contributed by atoms with Crippen LogP contribution in [0.2, 0.25) is 0 Å². The molecule has 0 aromatic heterocycles. The van der Waals surface area contributed by atoms with E-state index in [1.54, 1.807) is 30.3 Å². The summed E-state index contributed by atoms with van der Waals surface area (Å²) in [5.74, 6) is -1.54. The summed E-state index contributed by atoms with van der Waals surface area (Å²) < 4.78 is 12.7. The molecule has 5 heteroatoms. The monoisotopic (exact) mass is 291 g/mol. The number of ketones is 1. The SMILES string of the molecule is O=C(Nc1ccc(F)cc1)C(Cl)C(=O)c1ccccc1. The minimum Gasteiger partial charge on any atom is -0.324 e. The van der Waals surface area contributed by atoms with E-state index in [1.807, 2.05) is 0 Å². The van der Waals surface area contributed by atoms with E-state index in [0.29, 0.717) is 11.3 Å². The molecule has 0 fully saturated rings. The molecule has 0 heterocycles. The fourth-order valence-electron chi connectivity index (χ4n) is 1.61. The van der Waals surface area contributed by atoms with Crippen LogP contribution in [0.15, 0.2) is 54.6 Å². The number of nitrogens with one attached hydrogen (secondary N) is 1. The first kappa shape index (κ1) is 14.2. The third-order valence-corrected chi connectivity index (χ3v) is 3.03. The van der Waals surface area contributed by atoms with Crippen molar-refractivity contribution in [1.82, 2.24) is 0 Å². The third-order valence-electron chi connectivity index (χ3n) is 2.63. The lowest BCUT2D eigenvalue weighted by Gasteiger charge is -2.09. The molecule has 0 saturated carbocycles. The van der Waals surface area contributed by atoms with E-state index in [2.05, 4.69) is 5.32 Å². The zero-order valence-corrected chi connectivity index (χ0v) is 11.1. The number of carbonyl (C=O) groups excluding carboxylic acids is 2. The molecule has 1 unspecified atom stereocenters. The average Bonchev–Trinajstić information content (AvgIpc) is 2.49. The van der Waals surface area contributed by atoms with Crippen LogP contribution >= 0.6 is 11.6 Å². The maximum absolute atomic E-state index is 12.7. The molecule has 2 aromatic rings. The molecule has 0 saturated heterocycles. The van der Waals surface area contributed by atoms with Crippen molar-refractivity contribution in [3.05, 3.63) is 66.0 Å². The van der Waals surface area contributed by atoms with E-state index >= 15 is 0 Å². The summed E-state index contributed by atoms with van der Waals surface area (Å²) >= 11 is 5.86. The van der Waals surface area contributed by atoms with Gasteiger partial charge >= 0.3 is 0 Å². The molecule has 2 aromatic carbocycles. The highest BCUT2D eigenvalue weighted by Gasteiger charge is 2.25. The van der Waals surface area contributed by atoms with Crippen molar-refractivity contribution in [1.29, 1.82) is 0 Å². The van der Waals surface area contributed by atoms with Gasteiger partial charge in [-0.1, -0.05) is 30.3 Å². The van der Waals surface area contributed by atoms with Gasteiger partial charge in [0.05, 0.1) is 0 Å². The number of anilines is 1. The van der Waals surface area contributed by atoms with Crippen LogP contribution in [0, 0.1) is 5.82 Å². The van der Waals surface area contributed by atoms with Crippen molar-refractivity contribution in [2.45, 2.75) is 5.38 Å². The smallest absolute Gasteiger partial charge is 0.250 e. The molecule has 1 N–H and O–H groups in total. The molecule has 0 aliphatic rings. The van der Waals surface area contributed by atoms with Crippen molar-refractivity contribution < 1.29 is 14.0 Å². The minimum absolute atomic E-state index is 0.363. The molecule has 1 amide bonds. The van der Waals surface area contributed by atoms with E-state index in [4.69, 9.17) is 11.6 Å². The fourth-order valence-corrected chi connectivity index (χ4v) is 1.79. The summed E-state index contributed by atoms with van der Waals surface area (Å²) in [6, 6.07) is 13.5. The molecular weight excluding hydrogens is 281 g/mol. The van der Waals surface area contributed by atoms with Crippen molar-refractivity contribution in [3.8, 4) is 0 Å². The molecule has 0 spiro atoms. The number of Topliss-reactive ketones (excluding diaryl/α,β-unsaturated/α-hetero) is 1. The Bertz CT molecular complexity index is 614. The summed E-state index contributed by atoms with van der Waals surface area (Å²) in [4.78, 5) is 23.8. The summed E-state index contributed by atoms with van der Waals surface area (Å²) in [6.07, 6.45) is 0. The Morgan fingerprint density at radius 3 is 2.20 bits per heavy atom. The Balaban J connectivity index is 2.05. The number of hydrogen-bond donors (Lipinski definition) is 1. The molecular formula is C15H11ClFNO2. The molecule has 2 rings (SSSR count). The lowest BCUT2D eigenvalue weighted by Crippen LogP contribution is -2.30. The van der Waals surface area contributed by atoms with Crippen LogP contribution in [-0.2, 0) is 4.79 Å². The van der Waals surface area contributed by atoms with Gasteiger partial charge in [-0.3, -0.25) is 9.59 Å². The van der Waals surface area contributed by atoms with Crippen LogP contribution < -0.4 is 5.32 Å². The first-order valence-electron chi connectivity index (χ1n) is 5.87. The van der Waals surface area contributed by atoms with Crippen LogP contribution in [0.4, 0.5) is 10.1 Å². The highest BCUT2D eigenvalue weighted by atomic mass is 35.5. The second kappa shape index (κ2) is 6.30. The molecule has 0 bridgehead atoms. The number of rotatable bonds is 4. The largest absolute Gasteiger partial charge is 0.324 e. The lowest BCUT2D eigenvalue weighted by atomic mass is 10.1. The zero-order chi connectivity index (χ0) is 14.5. The van der Waals surface area contributed by atoms with Gasteiger partial charge in [0.25, 0.3) is 0 Å². The lowest BCUT2D eigenvalue weighted by molar-refractivity contribution is -0.115. The summed E-state index contributed by atoms with van der Waals surface area (Å²) in [6.45, 7) is 0. The molecule has 0 radical (unpaired) electrons. The highest BCUT2D eigenvalue weighted by Crippen LogP contribution is 2.13. The van der Waals surface area contributed by atoms with Crippen molar-refractivity contribution in [2.75, 3.05) is 5.32 Å². The predicted octanol–water partition coefficient (Wildman–Crippen LogP) is 3.25. The maximum Gasteiger partial charge on any atom is 0.250 e. The second-order valence-corrected chi connectivity index (χ2v) is 4.53. The van der Waals surface area contributed by atoms with Gasteiger partial charge < -0.3 is 5.32 Å². The van der Waals surface area contributed by atoms with Gasteiger partial charge in [-0.15, -0.1) is 11.6 Å². The van der Waals surface area contributed by atoms with Crippen LogP contribution in [0.1, 0.15) is 10.4 Å². The number of halogens is 2. The summed E-state index contributed by atoms with van der Waals surface area (Å²) in [5, 5.41) is 1.13. The quantitative estimate of drug-likeness (QED) is 0.534. The standard InChI is InChI=1S/C15H11ClFNO2/c16-13(14(19)10-4-2-1-3-5-10)15(20)18-12-8-6-11(17)7-9-12/h1-9,13H,(H,18,20). The number of benzene rings is 2. The Morgan fingerprint density at radius 2 is 1.60 bits per heavy atom. The first-order valence-corrected chi connectivity index (χ1v) is 6.31. The van der Waals surface area contributed by atoms with Gasteiger partial charge in [0.15, 0.2) is 11.2 Å². The second-order valence-electron chi connectivity index (χ2n) is 4.09. The third kappa shape index (κ3) is 3.42. The summed E-state index contributed by atoms with van der Waals surface area (Å²) in [7, 11) is 0. The molecule has 102 valence electrons. The topological polar surface area (TPSA) is 46.2 Å². The van der Waals surface area contributed by atoms with Gasteiger partial charge in [-0.05, 0) is 24.3 Å². The van der Waals surface area contributed by atoms with Crippen LogP contribution in [0.3, 0.4) is 0 Å². The highest BCUT2D eigenvalue weighted by molar-refractivity contribution is 6.45. The zero-order valence-electron chi connectivity index (χ0n) is 10.3. The van der Waals surface area contributed by atoms with E-state index in [-0.39, 0.29) is 0 Å². The molecule has 0 aliphatic heterocycles. The summed E-state index contributed by atoms with van der Waals surface area (Å²) in [5.41, 5.74) is 0.740. The minimum atomic E-state index is -1.33. The number of hydrogen-bond acceptors (Lipinski definition) is 2. The van der Waals surface area contributed by atoms with Gasteiger partial charge in [0, 0.05) is 11.3 Å². The molecule has 0 aliphatic carbocycles. The molecule has 3 nitrogen and oxygen atoms in total. The van der Waals surface area contributed by atoms with Crippen LogP contribution in [0.25, 0.3) is 0 Å². The van der Waals surface area contributed by atoms with E-state index in [9.17, 15) is 14.0 Å². The van der Waals surface area contributed by atoms with Gasteiger partial charge in [0.1, 0.15) is 5.82 Å². The predicted molar refractivity (Wildman–Crippen MR) is 75.4 cm³/mol. The maximum atomic E-state index is 12.7. The van der Waals surface area contributed by atoms with Gasteiger partial charge in [-0.2, -0.15) is 0 Å². The molecule has 20 heavy (non-hydrogen) atoms. The van der Waals surface area contributed by atoms with Crippen molar-refractivity contribution in [3.63, 3.8) is 0 Å². The van der Waals surface area contributed by atoms with Crippen LogP contribution in [0.5, 0.6) is 0 Å².